The number of nitrogens with one attached hydrogen (secondary N) is 1. The van der Waals surface area contributed by atoms with E-state index in [-0.39, 0.29) is 0 Å². The van der Waals surface area contributed by atoms with E-state index in [1.54, 1.807) is 12.4 Å². The molecule has 2 heterocycles. The van der Waals surface area contributed by atoms with Gasteiger partial charge >= 0.3 is 0 Å². The van der Waals surface area contributed by atoms with Crippen LogP contribution in [0.3, 0.4) is 0 Å². The van der Waals surface area contributed by atoms with Gasteiger partial charge in [0.2, 0.25) is 0 Å². The van der Waals surface area contributed by atoms with Crippen LogP contribution < -0.4 is 5.32 Å². The number of aromatic nitrogens is 1. The molecule has 13 heavy (non-hydrogen) atoms. The van der Waals surface area contributed by atoms with Gasteiger partial charge in [-0.05, 0) is 25.0 Å². The minimum Gasteiger partial charge on any atom is -0.382 e. The van der Waals surface area contributed by atoms with Crippen LogP contribution in [0.5, 0.6) is 0 Å². The summed E-state index contributed by atoms with van der Waals surface area (Å²) in [6.45, 7) is 1.83. The van der Waals surface area contributed by atoms with E-state index in [2.05, 4.69) is 10.3 Å². The zero-order chi connectivity index (χ0) is 8.93. The van der Waals surface area contributed by atoms with Crippen LogP contribution in [0.15, 0.2) is 24.5 Å². The number of hydrogen-bond donors (Lipinski definition) is 1. The Hall–Kier alpha value is -1.09. The molecule has 2 rings (SSSR count). The highest BCUT2D eigenvalue weighted by molar-refractivity contribution is 5.40. The van der Waals surface area contributed by atoms with Crippen LogP contribution in [-0.4, -0.2) is 24.2 Å². The highest BCUT2D eigenvalue weighted by Gasteiger charge is 2.14. The van der Waals surface area contributed by atoms with Crippen LogP contribution in [0, 0.1) is 0 Å². The molecule has 0 saturated carbocycles. The predicted molar refractivity (Wildman–Crippen MR) is 51.7 cm³/mol. The largest absolute Gasteiger partial charge is 0.382 e. The molecule has 1 aliphatic rings. The van der Waals surface area contributed by atoms with Crippen molar-refractivity contribution in [2.45, 2.75) is 18.9 Å². The molecule has 1 atom stereocenters. The number of ether oxygens (including phenoxy) is 1. The number of pyridine rings is 1. The van der Waals surface area contributed by atoms with Crippen molar-refractivity contribution >= 4 is 5.69 Å². The molecule has 1 unspecified atom stereocenters. The Bertz CT molecular complexity index is 244. The third-order valence-electron chi connectivity index (χ3n) is 2.24. The second-order valence-corrected chi connectivity index (χ2v) is 3.25. The summed E-state index contributed by atoms with van der Waals surface area (Å²) in [7, 11) is 0. The molecule has 0 bridgehead atoms. The molecule has 3 heteroatoms. The van der Waals surface area contributed by atoms with Crippen LogP contribution in [0.2, 0.25) is 0 Å². The van der Waals surface area contributed by atoms with Crippen molar-refractivity contribution in [2.75, 3.05) is 18.5 Å². The van der Waals surface area contributed by atoms with Gasteiger partial charge < -0.3 is 10.1 Å². The first-order valence-electron chi connectivity index (χ1n) is 4.70. The van der Waals surface area contributed by atoms with Gasteiger partial charge in [-0.15, -0.1) is 0 Å². The smallest absolute Gasteiger partial charge is 0.0748 e. The zero-order valence-corrected chi connectivity index (χ0v) is 7.57. The van der Waals surface area contributed by atoms with E-state index in [1.807, 2.05) is 12.1 Å². The third kappa shape index (κ3) is 2.42. The monoisotopic (exact) mass is 178 g/mol. The molecule has 0 aliphatic carbocycles. The van der Waals surface area contributed by atoms with Crippen molar-refractivity contribution in [3.8, 4) is 0 Å². The summed E-state index contributed by atoms with van der Waals surface area (Å²) in [6, 6.07) is 3.93. The quantitative estimate of drug-likeness (QED) is 0.764. The van der Waals surface area contributed by atoms with E-state index >= 15 is 0 Å². The molecule has 1 N–H and O–H groups in total. The van der Waals surface area contributed by atoms with Crippen molar-refractivity contribution in [1.82, 2.24) is 4.98 Å². The fraction of sp³-hybridized carbons (Fsp3) is 0.500. The molecule has 1 fully saturated rings. The molecule has 0 aromatic carbocycles. The van der Waals surface area contributed by atoms with E-state index in [0.29, 0.717) is 6.10 Å². The Morgan fingerprint density at radius 2 is 2.31 bits per heavy atom. The predicted octanol–water partition coefficient (Wildman–Crippen LogP) is 1.67. The summed E-state index contributed by atoms with van der Waals surface area (Å²) in [6.07, 6.45) is 6.35. The van der Waals surface area contributed by atoms with Crippen LogP contribution in [0.1, 0.15) is 12.8 Å². The summed E-state index contributed by atoms with van der Waals surface area (Å²) in [5.41, 5.74) is 1.12. The fourth-order valence-corrected chi connectivity index (χ4v) is 1.51. The van der Waals surface area contributed by atoms with E-state index in [4.69, 9.17) is 4.74 Å². The first kappa shape index (κ1) is 8.51. The molecule has 0 radical (unpaired) electrons. The lowest BCUT2D eigenvalue weighted by Gasteiger charge is -2.11. The topological polar surface area (TPSA) is 34.1 Å². The van der Waals surface area contributed by atoms with E-state index in [0.717, 1.165) is 18.8 Å². The number of rotatable bonds is 3. The van der Waals surface area contributed by atoms with Gasteiger partial charge in [0, 0.05) is 31.2 Å². The normalized spacial score (nSPS) is 21.7. The van der Waals surface area contributed by atoms with Gasteiger partial charge in [0.05, 0.1) is 6.10 Å². The maximum atomic E-state index is 5.50. The van der Waals surface area contributed by atoms with Crippen molar-refractivity contribution in [1.29, 1.82) is 0 Å². The molecular weight excluding hydrogens is 164 g/mol. The number of hydrogen-bond acceptors (Lipinski definition) is 3. The Kier molecular flexibility index (Phi) is 2.77. The lowest BCUT2D eigenvalue weighted by Crippen LogP contribution is -2.18. The van der Waals surface area contributed by atoms with E-state index < -0.39 is 0 Å². The SMILES string of the molecule is c1cc(NCC2CCCO2)ccn1. The second kappa shape index (κ2) is 4.23. The van der Waals surface area contributed by atoms with Crippen LogP contribution in [0.25, 0.3) is 0 Å². The number of nitrogens with zero attached hydrogens (tertiary/aromatic N) is 1. The van der Waals surface area contributed by atoms with Crippen LogP contribution in [0.4, 0.5) is 5.69 Å². The fourth-order valence-electron chi connectivity index (χ4n) is 1.51. The highest BCUT2D eigenvalue weighted by Crippen LogP contribution is 2.13. The van der Waals surface area contributed by atoms with Gasteiger partial charge in [-0.2, -0.15) is 0 Å². The van der Waals surface area contributed by atoms with Gasteiger partial charge in [0.25, 0.3) is 0 Å². The van der Waals surface area contributed by atoms with Crippen molar-refractivity contribution in [2.24, 2.45) is 0 Å². The van der Waals surface area contributed by atoms with E-state index in [9.17, 15) is 0 Å². The minimum atomic E-state index is 0.396. The molecule has 1 aliphatic heterocycles. The van der Waals surface area contributed by atoms with Gasteiger partial charge in [-0.25, -0.2) is 0 Å². The van der Waals surface area contributed by atoms with Gasteiger partial charge in [0.1, 0.15) is 0 Å². The minimum absolute atomic E-state index is 0.396. The first-order chi connectivity index (χ1) is 6.45. The summed E-state index contributed by atoms with van der Waals surface area (Å²) < 4.78 is 5.50. The van der Waals surface area contributed by atoms with Gasteiger partial charge in [-0.3, -0.25) is 4.98 Å². The summed E-state index contributed by atoms with van der Waals surface area (Å²) in [4.78, 5) is 3.95. The second-order valence-electron chi connectivity index (χ2n) is 3.25. The van der Waals surface area contributed by atoms with Crippen molar-refractivity contribution in [3.05, 3.63) is 24.5 Å². The molecule has 1 aromatic rings. The summed E-state index contributed by atoms with van der Waals surface area (Å²) in [5, 5.41) is 3.32. The summed E-state index contributed by atoms with van der Waals surface area (Å²) in [5.74, 6) is 0. The number of anilines is 1. The Morgan fingerprint density at radius 3 is 3.00 bits per heavy atom. The lowest BCUT2D eigenvalue weighted by molar-refractivity contribution is 0.120. The van der Waals surface area contributed by atoms with Gasteiger partial charge in [0.15, 0.2) is 0 Å². The molecular formula is C10H14N2O. The third-order valence-corrected chi connectivity index (χ3v) is 2.24. The molecule has 0 amide bonds. The van der Waals surface area contributed by atoms with Crippen molar-refractivity contribution < 1.29 is 4.74 Å². The Morgan fingerprint density at radius 1 is 1.46 bits per heavy atom. The first-order valence-corrected chi connectivity index (χ1v) is 4.70. The Balaban J connectivity index is 1.79. The molecule has 3 nitrogen and oxygen atoms in total. The summed E-state index contributed by atoms with van der Waals surface area (Å²) >= 11 is 0. The zero-order valence-electron chi connectivity index (χ0n) is 7.57. The highest BCUT2D eigenvalue weighted by atomic mass is 16.5. The molecule has 70 valence electrons. The van der Waals surface area contributed by atoms with Crippen molar-refractivity contribution in [3.63, 3.8) is 0 Å². The molecule has 0 spiro atoms. The molecule has 1 aromatic heterocycles. The maximum Gasteiger partial charge on any atom is 0.0748 e. The maximum absolute atomic E-state index is 5.50. The van der Waals surface area contributed by atoms with E-state index in [1.165, 1.54) is 12.8 Å². The molecule has 1 saturated heterocycles. The standard InChI is InChI=1S/C10H14N2O/c1-2-10(13-7-1)8-12-9-3-5-11-6-4-9/h3-6,10H,1-2,7-8H2,(H,11,12). The van der Waals surface area contributed by atoms with Gasteiger partial charge in [-0.1, -0.05) is 0 Å². The average molecular weight is 178 g/mol. The van der Waals surface area contributed by atoms with Crippen LogP contribution in [-0.2, 0) is 4.74 Å². The Labute approximate surface area is 78.1 Å². The lowest BCUT2D eigenvalue weighted by atomic mass is 10.2. The van der Waals surface area contributed by atoms with Crippen LogP contribution >= 0.6 is 0 Å². The average Bonchev–Trinajstić information content (AvgIpc) is 2.69.